The standard InChI is InChI=1S/C8H6B/c1-2-4-8-6-9-5-7(8)3-1/h1-6H. The molecule has 0 aromatic heterocycles. The average Bonchev–Trinajstić information content (AvgIpc) is 2.33. The highest BCUT2D eigenvalue weighted by molar-refractivity contribution is 6.68. The zero-order valence-electron chi connectivity index (χ0n) is 5.04. The van der Waals surface area contributed by atoms with Gasteiger partial charge in [0.1, 0.15) is 0 Å². The molecule has 0 saturated heterocycles. The Kier molecular flexibility index (Phi) is 0.953. The van der Waals surface area contributed by atoms with Gasteiger partial charge in [0, 0.05) is 0 Å². The first kappa shape index (κ1) is 4.86. The summed E-state index contributed by atoms with van der Waals surface area (Å²) in [4.78, 5) is 0. The summed E-state index contributed by atoms with van der Waals surface area (Å²) in [6.45, 7) is 0. The minimum absolute atomic E-state index is 1.33. The minimum atomic E-state index is 1.33. The van der Waals surface area contributed by atoms with Gasteiger partial charge in [-0.25, -0.2) is 0 Å². The largest absolute Gasteiger partial charge is 0.172 e. The summed E-state index contributed by atoms with van der Waals surface area (Å²) >= 11 is 0. The quantitative estimate of drug-likeness (QED) is 0.411. The SMILES string of the molecule is [B]1C=c2ccccc2=C1. The molecule has 0 atom stereocenters. The molecule has 1 aliphatic rings. The van der Waals surface area contributed by atoms with Gasteiger partial charge in [-0.3, -0.25) is 0 Å². The van der Waals surface area contributed by atoms with Crippen LogP contribution in [0.1, 0.15) is 0 Å². The normalized spacial score (nSPS) is 12.9. The predicted molar refractivity (Wildman–Crippen MR) is 40.4 cm³/mol. The van der Waals surface area contributed by atoms with Crippen molar-refractivity contribution < 1.29 is 0 Å². The molecule has 0 spiro atoms. The number of benzene rings is 1. The molecule has 0 aliphatic carbocycles. The number of hydrogen-bond donors (Lipinski definition) is 0. The van der Waals surface area contributed by atoms with Crippen molar-refractivity contribution in [2.45, 2.75) is 0 Å². The van der Waals surface area contributed by atoms with Crippen LogP contribution in [0.25, 0.3) is 12.0 Å². The Morgan fingerprint density at radius 3 is 2.00 bits per heavy atom. The van der Waals surface area contributed by atoms with Crippen molar-refractivity contribution in [3.05, 3.63) is 34.7 Å². The molecule has 9 heavy (non-hydrogen) atoms. The molecule has 1 aliphatic heterocycles. The third-order valence-corrected chi connectivity index (χ3v) is 1.55. The lowest BCUT2D eigenvalue weighted by atomic mass is 9.82. The van der Waals surface area contributed by atoms with Crippen LogP contribution in [0.15, 0.2) is 24.3 Å². The van der Waals surface area contributed by atoms with Crippen molar-refractivity contribution in [3.63, 3.8) is 0 Å². The Morgan fingerprint density at radius 2 is 1.44 bits per heavy atom. The van der Waals surface area contributed by atoms with Gasteiger partial charge in [0.05, 0.1) is 0 Å². The van der Waals surface area contributed by atoms with Crippen LogP contribution < -0.4 is 10.4 Å². The highest BCUT2D eigenvalue weighted by Gasteiger charge is 1.89. The van der Waals surface area contributed by atoms with Crippen molar-refractivity contribution >= 4 is 19.2 Å². The van der Waals surface area contributed by atoms with E-state index in [4.69, 9.17) is 0 Å². The maximum absolute atomic E-state index is 2.12. The first-order valence-electron chi connectivity index (χ1n) is 3.07. The summed E-state index contributed by atoms with van der Waals surface area (Å²) in [7, 11) is 2.07. The van der Waals surface area contributed by atoms with E-state index in [1.807, 2.05) is 0 Å². The topological polar surface area (TPSA) is 0 Å². The first-order chi connectivity index (χ1) is 4.47. The summed E-state index contributed by atoms with van der Waals surface area (Å²) in [6.07, 6.45) is 0. The molecule has 2 rings (SSSR count). The van der Waals surface area contributed by atoms with E-state index in [1.54, 1.807) is 0 Å². The molecular formula is C8H6B. The van der Waals surface area contributed by atoms with Gasteiger partial charge in [0.2, 0.25) is 0 Å². The van der Waals surface area contributed by atoms with Crippen LogP contribution in [-0.4, -0.2) is 7.28 Å². The second-order valence-electron chi connectivity index (χ2n) is 2.15. The lowest BCUT2D eigenvalue weighted by Gasteiger charge is -1.80. The molecule has 0 fully saturated rings. The van der Waals surface area contributed by atoms with Gasteiger partial charge in [0.25, 0.3) is 0 Å². The van der Waals surface area contributed by atoms with E-state index in [-0.39, 0.29) is 0 Å². The predicted octanol–water partition coefficient (Wildman–Crippen LogP) is -0.120. The molecule has 0 saturated carbocycles. The summed E-state index contributed by atoms with van der Waals surface area (Å²) in [5.74, 6) is 4.24. The minimum Gasteiger partial charge on any atom is -0.109 e. The maximum Gasteiger partial charge on any atom is 0.172 e. The number of fused-ring (bicyclic) bond motifs is 1. The second-order valence-corrected chi connectivity index (χ2v) is 2.15. The zero-order chi connectivity index (χ0) is 6.10. The number of hydrogen-bond acceptors (Lipinski definition) is 0. The molecule has 41 valence electrons. The van der Waals surface area contributed by atoms with Crippen LogP contribution in [0.4, 0.5) is 0 Å². The van der Waals surface area contributed by atoms with Crippen LogP contribution in [0, 0.1) is 0 Å². The van der Waals surface area contributed by atoms with E-state index in [0.29, 0.717) is 0 Å². The van der Waals surface area contributed by atoms with Crippen molar-refractivity contribution in [3.8, 4) is 0 Å². The van der Waals surface area contributed by atoms with Gasteiger partial charge in [-0.2, -0.15) is 0 Å². The third-order valence-electron chi connectivity index (χ3n) is 1.55. The summed E-state index contributed by atoms with van der Waals surface area (Å²) in [5, 5.41) is 2.66. The Morgan fingerprint density at radius 1 is 0.889 bits per heavy atom. The van der Waals surface area contributed by atoms with Crippen molar-refractivity contribution in [2.75, 3.05) is 0 Å². The van der Waals surface area contributed by atoms with Gasteiger partial charge >= 0.3 is 0 Å². The van der Waals surface area contributed by atoms with Crippen LogP contribution in [0.5, 0.6) is 0 Å². The van der Waals surface area contributed by atoms with Crippen LogP contribution in [-0.2, 0) is 0 Å². The number of rotatable bonds is 0. The van der Waals surface area contributed by atoms with Crippen LogP contribution >= 0.6 is 0 Å². The molecular weight excluding hydrogens is 107 g/mol. The van der Waals surface area contributed by atoms with Gasteiger partial charge in [0.15, 0.2) is 7.28 Å². The molecule has 0 amide bonds. The van der Waals surface area contributed by atoms with E-state index in [2.05, 4.69) is 43.5 Å². The Labute approximate surface area is 54.8 Å². The second kappa shape index (κ2) is 1.76. The van der Waals surface area contributed by atoms with E-state index < -0.39 is 0 Å². The van der Waals surface area contributed by atoms with Crippen molar-refractivity contribution in [2.24, 2.45) is 0 Å². The third kappa shape index (κ3) is 0.691. The lowest BCUT2D eigenvalue weighted by molar-refractivity contribution is 1.55. The fraction of sp³-hybridized carbons (Fsp3) is 0. The summed E-state index contributed by atoms with van der Waals surface area (Å²) in [5.41, 5.74) is 0. The fourth-order valence-electron chi connectivity index (χ4n) is 1.07. The molecule has 0 N–H and O–H groups in total. The molecule has 0 bridgehead atoms. The van der Waals surface area contributed by atoms with Gasteiger partial charge in [-0.1, -0.05) is 24.3 Å². The highest BCUT2D eigenvalue weighted by atomic mass is 13.8. The fourth-order valence-corrected chi connectivity index (χ4v) is 1.07. The molecule has 1 heterocycles. The van der Waals surface area contributed by atoms with E-state index in [9.17, 15) is 0 Å². The maximum atomic E-state index is 2.12. The monoisotopic (exact) mass is 113 g/mol. The lowest BCUT2D eigenvalue weighted by Crippen LogP contribution is -2.19. The van der Waals surface area contributed by atoms with Gasteiger partial charge in [-0.05, 0) is 10.4 Å². The van der Waals surface area contributed by atoms with Crippen molar-refractivity contribution in [1.29, 1.82) is 0 Å². The Balaban J connectivity index is 2.97. The Bertz CT molecular complexity index is 292. The summed E-state index contributed by atoms with van der Waals surface area (Å²) < 4.78 is 0. The smallest absolute Gasteiger partial charge is 0.109 e. The molecule has 1 radical (unpaired) electrons. The van der Waals surface area contributed by atoms with Crippen LogP contribution in [0.3, 0.4) is 0 Å². The van der Waals surface area contributed by atoms with E-state index >= 15 is 0 Å². The van der Waals surface area contributed by atoms with Crippen molar-refractivity contribution in [1.82, 2.24) is 0 Å². The van der Waals surface area contributed by atoms with E-state index in [1.165, 1.54) is 10.4 Å². The van der Waals surface area contributed by atoms with Crippen LogP contribution in [0.2, 0.25) is 0 Å². The first-order valence-corrected chi connectivity index (χ1v) is 3.07. The highest BCUT2D eigenvalue weighted by Crippen LogP contribution is 1.77. The zero-order valence-corrected chi connectivity index (χ0v) is 5.04. The molecule has 1 aromatic carbocycles. The molecule has 1 heteroatoms. The average molecular weight is 113 g/mol. The van der Waals surface area contributed by atoms with Gasteiger partial charge in [-0.15, -0.1) is 12.0 Å². The van der Waals surface area contributed by atoms with E-state index in [0.717, 1.165) is 0 Å². The molecule has 0 nitrogen and oxygen atoms in total. The summed E-state index contributed by atoms with van der Waals surface area (Å²) in [6, 6.07) is 8.36. The van der Waals surface area contributed by atoms with Gasteiger partial charge < -0.3 is 0 Å². The molecule has 0 unspecified atom stereocenters. The molecule has 1 aromatic rings. The Hall–Kier alpha value is -0.975.